The van der Waals surface area contributed by atoms with Crippen LogP contribution in [0.3, 0.4) is 0 Å². The third-order valence-corrected chi connectivity index (χ3v) is 10.7. The lowest BCUT2D eigenvalue weighted by Gasteiger charge is -2.36. The Kier molecular flexibility index (Phi) is 13.0. The fourth-order valence-corrected chi connectivity index (χ4v) is 7.40. The number of carboxylic acid groups (broad SMARTS) is 1. The van der Waals surface area contributed by atoms with Crippen molar-refractivity contribution in [1.82, 2.24) is 14.9 Å². The molecule has 0 saturated heterocycles. The molecule has 0 aliphatic heterocycles. The van der Waals surface area contributed by atoms with Crippen LogP contribution < -0.4 is 10.1 Å². The largest absolute Gasteiger partial charge is 0.489 e. The molecule has 1 atom stereocenters. The van der Waals surface area contributed by atoms with Gasteiger partial charge in [-0.25, -0.2) is 9.78 Å². The molecule has 52 heavy (non-hydrogen) atoms. The van der Waals surface area contributed by atoms with Gasteiger partial charge in [0.1, 0.15) is 18.2 Å². The van der Waals surface area contributed by atoms with Crippen molar-refractivity contribution in [3.63, 3.8) is 0 Å². The molecular formula is C43H52ClN3O5. The first kappa shape index (κ1) is 38.8. The van der Waals surface area contributed by atoms with Gasteiger partial charge >= 0.3 is 5.97 Å². The molecule has 3 aromatic rings. The van der Waals surface area contributed by atoms with Gasteiger partial charge in [0.15, 0.2) is 5.78 Å². The minimum atomic E-state index is -0.965. The van der Waals surface area contributed by atoms with Gasteiger partial charge in [0.05, 0.1) is 23.8 Å². The summed E-state index contributed by atoms with van der Waals surface area (Å²) in [4.78, 5) is 43.3. The van der Waals surface area contributed by atoms with Crippen molar-refractivity contribution >= 4 is 34.8 Å². The van der Waals surface area contributed by atoms with Crippen LogP contribution in [0.15, 0.2) is 83.6 Å². The van der Waals surface area contributed by atoms with Crippen LogP contribution in [-0.2, 0) is 29.2 Å². The van der Waals surface area contributed by atoms with E-state index < -0.39 is 12.0 Å². The summed E-state index contributed by atoms with van der Waals surface area (Å²) in [6.45, 7) is 11.3. The Morgan fingerprint density at radius 3 is 2.29 bits per heavy atom. The highest BCUT2D eigenvalue weighted by Gasteiger charge is 2.34. The van der Waals surface area contributed by atoms with E-state index in [1.54, 1.807) is 24.3 Å². The Balaban J connectivity index is 1.43. The molecule has 1 aromatic heterocycles. The van der Waals surface area contributed by atoms with Crippen LogP contribution >= 0.6 is 11.6 Å². The average Bonchev–Trinajstić information content (AvgIpc) is 3.44. The number of amides is 1. The van der Waals surface area contributed by atoms with E-state index in [2.05, 4.69) is 33.0 Å². The van der Waals surface area contributed by atoms with Crippen molar-refractivity contribution in [3.05, 3.63) is 112 Å². The second-order valence-electron chi connectivity index (χ2n) is 15.1. The lowest BCUT2D eigenvalue weighted by Crippen LogP contribution is -2.39. The van der Waals surface area contributed by atoms with Gasteiger partial charge in [-0.2, -0.15) is 0 Å². The van der Waals surface area contributed by atoms with Crippen LogP contribution in [0.5, 0.6) is 5.75 Å². The molecule has 2 aliphatic carbocycles. The number of aromatic carboxylic acids is 1. The van der Waals surface area contributed by atoms with Gasteiger partial charge in [0, 0.05) is 23.6 Å². The van der Waals surface area contributed by atoms with Gasteiger partial charge in [-0.05, 0) is 115 Å². The number of carboxylic acids is 1. The highest BCUT2D eigenvalue weighted by molar-refractivity contribution is 6.31. The minimum Gasteiger partial charge on any atom is -0.489 e. The van der Waals surface area contributed by atoms with Crippen molar-refractivity contribution in [2.75, 3.05) is 0 Å². The fourth-order valence-electron chi connectivity index (χ4n) is 7.17. The molecule has 0 bridgehead atoms. The molecule has 1 fully saturated rings. The number of nitrogens with zero attached hydrogens (tertiary/aromatic N) is 2. The molecule has 1 amide bonds. The number of imidazole rings is 1. The van der Waals surface area contributed by atoms with Crippen LogP contribution in [0.25, 0.3) is 5.57 Å². The van der Waals surface area contributed by atoms with E-state index in [4.69, 9.17) is 21.3 Å². The summed E-state index contributed by atoms with van der Waals surface area (Å²) in [5.41, 5.74) is 5.23. The number of benzene rings is 2. The molecule has 2 aliphatic rings. The molecule has 2 N–H and O–H groups in total. The summed E-state index contributed by atoms with van der Waals surface area (Å²) in [5.74, 6) is 1.00. The van der Waals surface area contributed by atoms with Crippen LogP contribution in [0.2, 0.25) is 0 Å². The number of carbonyl (C=O) groups is 3. The van der Waals surface area contributed by atoms with Crippen LogP contribution in [0, 0.1) is 17.3 Å². The van der Waals surface area contributed by atoms with Crippen molar-refractivity contribution in [2.24, 2.45) is 17.3 Å². The number of ether oxygens (including phenoxy) is 1. The van der Waals surface area contributed by atoms with Crippen molar-refractivity contribution in [2.45, 2.75) is 105 Å². The molecule has 1 unspecified atom stereocenters. The number of rotatable bonds is 14. The van der Waals surface area contributed by atoms with E-state index in [9.17, 15) is 19.5 Å². The van der Waals surface area contributed by atoms with E-state index in [1.165, 1.54) is 0 Å². The van der Waals surface area contributed by atoms with Crippen molar-refractivity contribution in [3.8, 4) is 5.75 Å². The highest BCUT2D eigenvalue weighted by Crippen LogP contribution is 2.40. The Morgan fingerprint density at radius 1 is 1.00 bits per heavy atom. The fraction of sp³-hybridized carbons (Fsp3) is 0.442. The molecule has 1 heterocycles. The number of aromatic nitrogens is 2. The Morgan fingerprint density at radius 2 is 1.67 bits per heavy atom. The summed E-state index contributed by atoms with van der Waals surface area (Å²) in [6, 6.07) is 13.9. The molecule has 2 aromatic carbocycles. The SMILES string of the molecule is CCC(=O)Cn1cc(C2=C(CC)C=C(Cl)C=CC2)nc1C(Cc1ccc(OCc2ccc(C(=O)O)cc2)cc1)NC(=O)C1CCC(C(C)(C)C)CC1. The normalized spacial score (nSPS) is 18.4. The van der Waals surface area contributed by atoms with E-state index >= 15 is 0 Å². The predicted molar refractivity (Wildman–Crippen MR) is 206 cm³/mol. The zero-order valence-corrected chi connectivity index (χ0v) is 31.8. The van der Waals surface area contributed by atoms with E-state index in [0.717, 1.165) is 60.1 Å². The molecule has 276 valence electrons. The number of allylic oxidation sites excluding steroid dienone is 6. The number of halogens is 1. The maximum absolute atomic E-state index is 14.0. The molecule has 0 spiro atoms. The summed E-state index contributed by atoms with van der Waals surface area (Å²) in [7, 11) is 0. The van der Waals surface area contributed by atoms with E-state index in [0.29, 0.717) is 48.4 Å². The Hall–Kier alpha value is -4.43. The second-order valence-corrected chi connectivity index (χ2v) is 15.5. The van der Waals surface area contributed by atoms with Crippen molar-refractivity contribution < 1.29 is 24.2 Å². The lowest BCUT2D eigenvalue weighted by molar-refractivity contribution is -0.127. The number of ketones is 1. The number of hydrogen-bond donors (Lipinski definition) is 2. The molecule has 9 heteroatoms. The van der Waals surface area contributed by atoms with E-state index in [-0.39, 0.29) is 35.1 Å². The van der Waals surface area contributed by atoms with Gasteiger partial charge in [0.25, 0.3) is 0 Å². The van der Waals surface area contributed by atoms with Gasteiger partial charge < -0.3 is 19.7 Å². The third-order valence-electron chi connectivity index (χ3n) is 10.5. The zero-order chi connectivity index (χ0) is 37.4. The summed E-state index contributed by atoms with van der Waals surface area (Å²) >= 11 is 6.45. The van der Waals surface area contributed by atoms with Gasteiger partial charge in [-0.3, -0.25) is 9.59 Å². The first-order chi connectivity index (χ1) is 24.8. The van der Waals surface area contributed by atoms with Gasteiger partial charge in [-0.1, -0.05) is 76.6 Å². The monoisotopic (exact) mass is 725 g/mol. The maximum atomic E-state index is 14.0. The molecule has 8 nitrogen and oxygen atoms in total. The Labute approximate surface area is 313 Å². The third kappa shape index (κ3) is 10.1. The van der Waals surface area contributed by atoms with Crippen molar-refractivity contribution in [1.29, 1.82) is 0 Å². The number of carbonyl (C=O) groups excluding carboxylic acids is 2. The number of hydrogen-bond acceptors (Lipinski definition) is 5. The van der Waals surface area contributed by atoms with Gasteiger partial charge in [0.2, 0.25) is 5.91 Å². The van der Waals surface area contributed by atoms with Crippen LogP contribution in [-0.4, -0.2) is 32.3 Å². The molecule has 1 saturated carbocycles. The van der Waals surface area contributed by atoms with E-state index in [1.807, 2.05) is 60.2 Å². The summed E-state index contributed by atoms with van der Waals surface area (Å²) in [5, 5.41) is 13.2. The smallest absolute Gasteiger partial charge is 0.335 e. The first-order valence-corrected chi connectivity index (χ1v) is 18.9. The van der Waals surface area contributed by atoms with Gasteiger partial charge in [-0.15, -0.1) is 0 Å². The first-order valence-electron chi connectivity index (χ1n) is 18.5. The number of nitrogens with one attached hydrogen (secondary N) is 1. The van der Waals surface area contributed by atoms with Crippen LogP contribution in [0.1, 0.15) is 119 Å². The molecule has 0 radical (unpaired) electrons. The highest BCUT2D eigenvalue weighted by atomic mass is 35.5. The summed E-state index contributed by atoms with van der Waals surface area (Å²) < 4.78 is 7.93. The zero-order valence-electron chi connectivity index (χ0n) is 31.1. The minimum absolute atomic E-state index is 0.0322. The second kappa shape index (κ2) is 17.4. The molecular weight excluding hydrogens is 674 g/mol. The van der Waals surface area contributed by atoms with Crippen LogP contribution in [0.4, 0.5) is 0 Å². The summed E-state index contributed by atoms with van der Waals surface area (Å²) in [6.07, 6.45) is 14.0. The number of Topliss-reactive ketones (excluding diaryl/α,β-unsaturated/α-hetero) is 1. The lowest BCUT2D eigenvalue weighted by atomic mass is 9.69. The standard InChI is InChI=1S/C43H52ClN3O5/c1-6-30-24-34(44)9-8-10-37(30)39-26-47(25-35(48)7-2)40(45-39)38(46-41(49)31-17-19-33(20-18-31)43(3,4)5)23-28-13-21-36(22-14-28)52-27-29-11-15-32(16-12-29)42(50)51/h8-9,11-16,21-22,24,26,31,33,38H,6-7,10,17-20,23,25,27H2,1-5H3,(H,46,49)(H,50,51). The maximum Gasteiger partial charge on any atom is 0.335 e. The predicted octanol–water partition coefficient (Wildman–Crippen LogP) is 9.64. The average molecular weight is 726 g/mol. The molecule has 5 rings (SSSR count). The Bertz CT molecular complexity index is 1820. The topological polar surface area (TPSA) is 111 Å². The quantitative estimate of drug-likeness (QED) is 0.171.